The van der Waals surface area contributed by atoms with Gasteiger partial charge in [0.2, 0.25) is 0 Å². The van der Waals surface area contributed by atoms with Crippen LogP contribution in [0.5, 0.6) is 23.0 Å². The Morgan fingerprint density at radius 2 is 1.28 bits per heavy atom. The second kappa shape index (κ2) is 10.7. The quantitative estimate of drug-likeness (QED) is 0.475. The largest absolute Gasteiger partial charge is 0.457 e. The number of benzene rings is 3. The van der Waals surface area contributed by atoms with Crippen LogP contribution >= 0.6 is 0 Å². The lowest BCUT2D eigenvalue weighted by molar-refractivity contribution is 0.0483. The average molecular weight is 436 g/mol. The Morgan fingerprint density at radius 3 is 1.75 bits per heavy atom. The number of hydrogen-bond acceptors (Lipinski definition) is 5. The van der Waals surface area contributed by atoms with Crippen molar-refractivity contribution in [2.45, 2.75) is 38.8 Å². The number of hydrogen-bond donors (Lipinski definition) is 2. The van der Waals surface area contributed by atoms with E-state index in [1.165, 1.54) is 0 Å². The van der Waals surface area contributed by atoms with Crippen LogP contribution in [0.25, 0.3) is 0 Å². The van der Waals surface area contributed by atoms with Crippen LogP contribution in [0.15, 0.2) is 78.9 Å². The first-order valence-corrected chi connectivity index (χ1v) is 10.5. The second-order valence-corrected chi connectivity index (χ2v) is 8.36. The highest BCUT2D eigenvalue weighted by molar-refractivity contribution is 5.68. The van der Waals surface area contributed by atoms with Crippen LogP contribution in [-0.4, -0.2) is 29.4 Å². The van der Waals surface area contributed by atoms with E-state index in [1.54, 1.807) is 20.8 Å². The number of ether oxygens (including phenoxy) is 3. The molecule has 0 aliphatic rings. The number of aliphatic hydroxyl groups excluding tert-OH is 1. The third-order valence-electron chi connectivity index (χ3n) is 4.39. The molecule has 32 heavy (non-hydrogen) atoms. The Kier molecular flexibility index (Phi) is 7.73. The molecule has 0 saturated carbocycles. The fraction of sp³-hybridized carbons (Fsp3) is 0.269. The summed E-state index contributed by atoms with van der Waals surface area (Å²) in [6, 6.07) is 24.1. The van der Waals surface area contributed by atoms with Gasteiger partial charge < -0.3 is 24.6 Å². The van der Waals surface area contributed by atoms with Gasteiger partial charge in [-0.1, -0.05) is 30.3 Å². The number of rotatable bonds is 8. The van der Waals surface area contributed by atoms with Gasteiger partial charge in [-0.05, 0) is 81.3 Å². The van der Waals surface area contributed by atoms with Crippen molar-refractivity contribution in [3.8, 4) is 23.0 Å². The number of carbonyl (C=O) groups excluding carboxylic acids is 1. The molecular weight excluding hydrogens is 406 g/mol. The molecule has 0 aliphatic carbocycles. The molecular formula is C26H29NO5. The van der Waals surface area contributed by atoms with Crippen molar-refractivity contribution in [3.05, 3.63) is 84.4 Å². The van der Waals surface area contributed by atoms with Crippen LogP contribution in [0, 0.1) is 0 Å². The zero-order chi connectivity index (χ0) is 23.0. The minimum Gasteiger partial charge on any atom is -0.457 e. The Bertz CT molecular complexity index is 979. The molecule has 0 bridgehead atoms. The first kappa shape index (κ1) is 23.2. The van der Waals surface area contributed by atoms with E-state index >= 15 is 0 Å². The maximum atomic E-state index is 11.9. The minimum absolute atomic E-state index is 0.186. The highest BCUT2D eigenvalue weighted by Crippen LogP contribution is 2.27. The van der Waals surface area contributed by atoms with Gasteiger partial charge in [-0.2, -0.15) is 0 Å². The van der Waals surface area contributed by atoms with Crippen LogP contribution in [-0.2, 0) is 11.2 Å². The molecule has 0 aromatic heterocycles. The van der Waals surface area contributed by atoms with E-state index < -0.39 is 17.7 Å². The summed E-state index contributed by atoms with van der Waals surface area (Å²) in [4.78, 5) is 11.9. The van der Waals surface area contributed by atoms with Crippen LogP contribution in [0.4, 0.5) is 4.79 Å². The van der Waals surface area contributed by atoms with E-state index in [0.29, 0.717) is 17.9 Å². The zero-order valence-corrected chi connectivity index (χ0v) is 18.6. The van der Waals surface area contributed by atoms with Crippen molar-refractivity contribution in [1.82, 2.24) is 5.32 Å². The van der Waals surface area contributed by atoms with E-state index in [1.807, 2.05) is 78.9 Å². The predicted molar refractivity (Wildman–Crippen MR) is 123 cm³/mol. The van der Waals surface area contributed by atoms with Crippen LogP contribution in [0.3, 0.4) is 0 Å². The number of nitrogens with one attached hydrogen (secondary N) is 1. The van der Waals surface area contributed by atoms with Crippen molar-refractivity contribution in [1.29, 1.82) is 0 Å². The number of para-hydroxylation sites is 1. The van der Waals surface area contributed by atoms with Gasteiger partial charge in [-0.25, -0.2) is 4.79 Å². The Hall–Kier alpha value is -3.51. The standard InChI is InChI=1S/C26H29NO5/c1-26(2,3)32-25(29)27-20(18-28)17-19-9-11-22(12-10-19)31-24-15-13-23(14-16-24)30-21-7-5-4-6-8-21/h4-16,20,28H,17-18H2,1-3H3,(H,27,29)/t20-/m1/s1. The van der Waals surface area contributed by atoms with Gasteiger partial charge in [0.05, 0.1) is 12.6 Å². The molecule has 168 valence electrons. The van der Waals surface area contributed by atoms with E-state index in [2.05, 4.69) is 5.32 Å². The van der Waals surface area contributed by atoms with Gasteiger partial charge in [0.25, 0.3) is 0 Å². The normalized spacial score (nSPS) is 12.0. The van der Waals surface area contributed by atoms with Crippen LogP contribution in [0.2, 0.25) is 0 Å². The first-order chi connectivity index (χ1) is 15.3. The molecule has 2 N–H and O–H groups in total. The third-order valence-corrected chi connectivity index (χ3v) is 4.39. The Labute approximate surface area is 188 Å². The van der Waals surface area contributed by atoms with Crippen LogP contribution in [0.1, 0.15) is 26.3 Å². The topological polar surface area (TPSA) is 77.0 Å². The van der Waals surface area contributed by atoms with Crippen LogP contribution < -0.4 is 14.8 Å². The monoisotopic (exact) mass is 435 g/mol. The molecule has 3 aromatic rings. The maximum absolute atomic E-state index is 11.9. The molecule has 0 radical (unpaired) electrons. The highest BCUT2D eigenvalue weighted by atomic mass is 16.6. The SMILES string of the molecule is CC(C)(C)OC(=O)N[C@@H](CO)Cc1ccc(Oc2ccc(Oc3ccccc3)cc2)cc1. The molecule has 0 spiro atoms. The van der Waals surface area contributed by atoms with E-state index in [0.717, 1.165) is 17.1 Å². The molecule has 0 saturated heterocycles. The lowest BCUT2D eigenvalue weighted by Crippen LogP contribution is -2.42. The molecule has 1 atom stereocenters. The number of amides is 1. The molecule has 6 heteroatoms. The summed E-state index contributed by atoms with van der Waals surface area (Å²) < 4.78 is 16.9. The summed E-state index contributed by atoms with van der Waals surface area (Å²) in [6.07, 6.45) is -0.0714. The second-order valence-electron chi connectivity index (χ2n) is 8.36. The smallest absolute Gasteiger partial charge is 0.407 e. The van der Waals surface area contributed by atoms with Crippen molar-refractivity contribution in [2.24, 2.45) is 0 Å². The summed E-state index contributed by atoms with van der Waals surface area (Å²) in [6.45, 7) is 5.20. The fourth-order valence-electron chi connectivity index (χ4n) is 2.95. The highest BCUT2D eigenvalue weighted by Gasteiger charge is 2.19. The van der Waals surface area contributed by atoms with E-state index in [9.17, 15) is 9.90 Å². The molecule has 3 rings (SSSR count). The summed E-state index contributed by atoms with van der Waals surface area (Å²) in [5.74, 6) is 2.88. The molecule has 3 aromatic carbocycles. The van der Waals surface area contributed by atoms with Gasteiger partial charge >= 0.3 is 6.09 Å². The van der Waals surface area contributed by atoms with Gasteiger partial charge in [0.1, 0.15) is 28.6 Å². The predicted octanol–water partition coefficient (Wildman–Crippen LogP) is 5.70. The lowest BCUT2D eigenvalue weighted by atomic mass is 10.1. The van der Waals surface area contributed by atoms with Gasteiger partial charge in [-0.15, -0.1) is 0 Å². The average Bonchev–Trinajstić information content (AvgIpc) is 2.75. The Balaban J connectivity index is 1.53. The van der Waals surface area contributed by atoms with E-state index in [-0.39, 0.29) is 6.61 Å². The molecule has 0 aliphatic heterocycles. The van der Waals surface area contributed by atoms with E-state index in [4.69, 9.17) is 14.2 Å². The van der Waals surface area contributed by atoms with Gasteiger partial charge in [-0.3, -0.25) is 0 Å². The fourth-order valence-corrected chi connectivity index (χ4v) is 2.95. The molecule has 0 fully saturated rings. The Morgan fingerprint density at radius 1 is 0.812 bits per heavy atom. The molecule has 0 unspecified atom stereocenters. The van der Waals surface area contributed by atoms with Crippen molar-refractivity contribution >= 4 is 6.09 Å². The minimum atomic E-state index is -0.588. The molecule has 0 heterocycles. The maximum Gasteiger partial charge on any atom is 0.407 e. The van der Waals surface area contributed by atoms with Gasteiger partial charge in [0, 0.05) is 0 Å². The summed E-state index contributed by atoms with van der Waals surface area (Å²) >= 11 is 0. The lowest BCUT2D eigenvalue weighted by Gasteiger charge is -2.22. The van der Waals surface area contributed by atoms with Gasteiger partial charge in [0.15, 0.2) is 0 Å². The summed E-state index contributed by atoms with van der Waals surface area (Å²) in [7, 11) is 0. The number of carbonyl (C=O) groups is 1. The zero-order valence-electron chi connectivity index (χ0n) is 18.6. The first-order valence-electron chi connectivity index (χ1n) is 10.5. The van der Waals surface area contributed by atoms with Crippen molar-refractivity contribution in [2.75, 3.05) is 6.61 Å². The third kappa shape index (κ3) is 7.63. The van der Waals surface area contributed by atoms with Crippen molar-refractivity contribution in [3.63, 3.8) is 0 Å². The number of aliphatic hydroxyl groups is 1. The molecule has 6 nitrogen and oxygen atoms in total. The molecule has 1 amide bonds. The number of alkyl carbamates (subject to hydrolysis) is 1. The summed E-state index contributed by atoms with van der Waals surface area (Å²) in [5, 5.41) is 12.3. The van der Waals surface area contributed by atoms with Crippen molar-refractivity contribution < 1.29 is 24.1 Å². The summed E-state index contributed by atoms with van der Waals surface area (Å²) in [5.41, 5.74) is 0.369.